The molecule has 6 heteroatoms. The summed E-state index contributed by atoms with van der Waals surface area (Å²) in [4.78, 5) is 4.27. The highest BCUT2D eigenvalue weighted by Crippen LogP contribution is 2.19. The summed E-state index contributed by atoms with van der Waals surface area (Å²) in [5, 5.41) is 20.1. The number of rotatable bonds is 3. The summed E-state index contributed by atoms with van der Waals surface area (Å²) in [6.07, 6.45) is 1.64. The van der Waals surface area contributed by atoms with Crippen molar-refractivity contribution in [2.24, 2.45) is 7.05 Å². The predicted molar refractivity (Wildman–Crippen MR) is 66.8 cm³/mol. The fourth-order valence-electron chi connectivity index (χ4n) is 1.75. The molecule has 0 bridgehead atoms. The van der Waals surface area contributed by atoms with Crippen molar-refractivity contribution in [2.45, 2.75) is 20.4 Å². The van der Waals surface area contributed by atoms with Crippen LogP contribution in [0.4, 0.5) is 5.69 Å². The Morgan fingerprint density at radius 3 is 2.83 bits per heavy atom. The van der Waals surface area contributed by atoms with Crippen LogP contribution in [0.1, 0.15) is 22.8 Å². The first kappa shape index (κ1) is 12.0. The van der Waals surface area contributed by atoms with Gasteiger partial charge in [-0.1, -0.05) is 0 Å². The minimum Gasteiger partial charge on any atom is -0.377 e. The van der Waals surface area contributed by atoms with Crippen LogP contribution < -0.4 is 5.32 Å². The van der Waals surface area contributed by atoms with Gasteiger partial charge >= 0.3 is 0 Å². The van der Waals surface area contributed by atoms with Crippen molar-refractivity contribution in [1.29, 1.82) is 5.26 Å². The van der Waals surface area contributed by atoms with Gasteiger partial charge in [-0.15, -0.1) is 10.2 Å². The molecule has 0 spiro atoms. The second-order valence-electron chi connectivity index (χ2n) is 4.10. The molecule has 0 unspecified atom stereocenters. The van der Waals surface area contributed by atoms with E-state index in [2.05, 4.69) is 26.6 Å². The largest absolute Gasteiger partial charge is 0.377 e. The monoisotopic (exact) mass is 242 g/mol. The number of nitrogens with zero attached hydrogens (tertiary/aromatic N) is 5. The molecule has 18 heavy (non-hydrogen) atoms. The number of nitrogens with one attached hydrogen (secondary N) is 1. The Morgan fingerprint density at radius 1 is 1.44 bits per heavy atom. The topological polar surface area (TPSA) is 79.4 Å². The summed E-state index contributed by atoms with van der Waals surface area (Å²) in [5.41, 5.74) is 2.97. The van der Waals surface area contributed by atoms with E-state index in [4.69, 9.17) is 5.26 Å². The zero-order valence-corrected chi connectivity index (χ0v) is 10.6. The third-order valence-corrected chi connectivity index (χ3v) is 2.68. The van der Waals surface area contributed by atoms with Gasteiger partial charge in [0.25, 0.3) is 0 Å². The van der Waals surface area contributed by atoms with Gasteiger partial charge in [-0.25, -0.2) is 0 Å². The molecule has 2 rings (SSSR count). The van der Waals surface area contributed by atoms with Crippen molar-refractivity contribution in [1.82, 2.24) is 19.7 Å². The molecule has 0 aliphatic heterocycles. The van der Waals surface area contributed by atoms with Crippen molar-refractivity contribution in [3.8, 4) is 6.07 Å². The number of aromatic nitrogens is 4. The van der Waals surface area contributed by atoms with E-state index < -0.39 is 0 Å². The molecule has 0 aliphatic rings. The van der Waals surface area contributed by atoms with Crippen molar-refractivity contribution in [2.75, 3.05) is 5.32 Å². The Labute approximate surface area is 105 Å². The van der Waals surface area contributed by atoms with E-state index in [-0.39, 0.29) is 0 Å². The highest BCUT2D eigenvalue weighted by Gasteiger charge is 2.08. The lowest BCUT2D eigenvalue weighted by Crippen LogP contribution is -2.08. The van der Waals surface area contributed by atoms with Gasteiger partial charge in [-0.2, -0.15) is 5.26 Å². The quantitative estimate of drug-likeness (QED) is 0.877. The summed E-state index contributed by atoms with van der Waals surface area (Å²) in [6, 6.07) is 4.03. The third kappa shape index (κ3) is 2.30. The van der Waals surface area contributed by atoms with Crippen LogP contribution in [0.15, 0.2) is 12.4 Å². The molecular formula is C12H14N6. The lowest BCUT2D eigenvalue weighted by Gasteiger charge is -2.10. The Hall–Kier alpha value is -2.42. The summed E-state index contributed by atoms with van der Waals surface area (Å²) < 4.78 is 1.83. The summed E-state index contributed by atoms with van der Waals surface area (Å²) in [6.45, 7) is 4.26. The molecule has 0 saturated carbocycles. The first-order valence-electron chi connectivity index (χ1n) is 5.57. The van der Waals surface area contributed by atoms with Crippen LogP contribution >= 0.6 is 0 Å². The average molecular weight is 242 g/mol. The third-order valence-electron chi connectivity index (χ3n) is 2.68. The molecular weight excluding hydrogens is 228 g/mol. The zero-order chi connectivity index (χ0) is 13.1. The zero-order valence-electron chi connectivity index (χ0n) is 10.6. The van der Waals surface area contributed by atoms with Gasteiger partial charge in [0.1, 0.15) is 12.4 Å². The van der Waals surface area contributed by atoms with Crippen molar-refractivity contribution < 1.29 is 0 Å². The van der Waals surface area contributed by atoms with Crippen LogP contribution in [-0.2, 0) is 13.6 Å². The minimum absolute atomic E-state index is 0.522. The van der Waals surface area contributed by atoms with E-state index in [1.807, 2.05) is 31.5 Å². The molecule has 1 N–H and O–H groups in total. The van der Waals surface area contributed by atoms with Crippen LogP contribution in [0, 0.1) is 25.2 Å². The van der Waals surface area contributed by atoms with Crippen LogP contribution in [0.5, 0.6) is 0 Å². The van der Waals surface area contributed by atoms with Gasteiger partial charge in [0.05, 0.1) is 23.5 Å². The van der Waals surface area contributed by atoms with Crippen molar-refractivity contribution >= 4 is 5.69 Å². The maximum absolute atomic E-state index is 9.14. The smallest absolute Gasteiger partial charge is 0.151 e. The first-order valence-corrected chi connectivity index (χ1v) is 5.57. The van der Waals surface area contributed by atoms with Gasteiger partial charge in [0.15, 0.2) is 5.82 Å². The van der Waals surface area contributed by atoms with Crippen LogP contribution in [0.2, 0.25) is 0 Å². The summed E-state index contributed by atoms with van der Waals surface area (Å²) in [5.74, 6) is 0.811. The molecule has 0 radical (unpaired) electrons. The normalized spacial score (nSPS) is 10.1. The molecule has 6 nitrogen and oxygen atoms in total. The number of hydrogen-bond donors (Lipinski definition) is 1. The van der Waals surface area contributed by atoms with Gasteiger partial charge in [0, 0.05) is 12.7 Å². The van der Waals surface area contributed by atoms with E-state index in [0.717, 1.165) is 22.9 Å². The fourth-order valence-corrected chi connectivity index (χ4v) is 1.75. The van der Waals surface area contributed by atoms with Crippen molar-refractivity contribution in [3.05, 3.63) is 35.2 Å². The standard InChI is InChI=1S/C12H14N6/c1-8-4-11(10(5-13)9(2)16-8)14-6-12-17-15-7-18(12)3/h4,7H,6H2,1-3H3,(H,14,16). The van der Waals surface area contributed by atoms with E-state index >= 15 is 0 Å². The Bertz CT molecular complexity index is 608. The van der Waals surface area contributed by atoms with Crippen LogP contribution in [0.3, 0.4) is 0 Å². The van der Waals surface area contributed by atoms with Gasteiger partial charge < -0.3 is 9.88 Å². The fraction of sp³-hybridized carbons (Fsp3) is 0.333. The maximum Gasteiger partial charge on any atom is 0.151 e. The Morgan fingerprint density at radius 2 is 2.22 bits per heavy atom. The highest BCUT2D eigenvalue weighted by molar-refractivity contribution is 5.59. The first-order chi connectivity index (χ1) is 8.61. The van der Waals surface area contributed by atoms with E-state index in [1.54, 1.807) is 6.33 Å². The van der Waals surface area contributed by atoms with Gasteiger partial charge in [-0.3, -0.25) is 4.98 Å². The minimum atomic E-state index is 0.522. The number of pyridine rings is 1. The molecule has 0 amide bonds. The van der Waals surface area contributed by atoms with Crippen LogP contribution in [0.25, 0.3) is 0 Å². The summed E-state index contributed by atoms with van der Waals surface area (Å²) in [7, 11) is 1.88. The molecule has 92 valence electrons. The molecule has 0 aromatic carbocycles. The predicted octanol–water partition coefficient (Wildman–Crippen LogP) is 1.31. The molecule has 2 heterocycles. The summed E-state index contributed by atoms with van der Waals surface area (Å²) >= 11 is 0. The lowest BCUT2D eigenvalue weighted by atomic mass is 10.1. The second-order valence-corrected chi connectivity index (χ2v) is 4.10. The number of hydrogen-bond acceptors (Lipinski definition) is 5. The van der Waals surface area contributed by atoms with E-state index in [0.29, 0.717) is 12.1 Å². The second kappa shape index (κ2) is 4.84. The van der Waals surface area contributed by atoms with Crippen LogP contribution in [-0.4, -0.2) is 19.7 Å². The van der Waals surface area contributed by atoms with Gasteiger partial charge in [0.2, 0.25) is 0 Å². The average Bonchev–Trinajstić information content (AvgIpc) is 2.71. The van der Waals surface area contributed by atoms with E-state index in [9.17, 15) is 0 Å². The van der Waals surface area contributed by atoms with Gasteiger partial charge in [-0.05, 0) is 19.9 Å². The molecule has 0 atom stereocenters. The molecule has 0 fully saturated rings. The number of aryl methyl sites for hydroxylation is 3. The molecule has 2 aromatic heterocycles. The molecule has 0 aliphatic carbocycles. The highest BCUT2D eigenvalue weighted by atomic mass is 15.3. The Balaban J connectivity index is 2.24. The molecule has 2 aromatic rings. The van der Waals surface area contributed by atoms with Crippen molar-refractivity contribution in [3.63, 3.8) is 0 Å². The molecule has 0 saturated heterocycles. The number of anilines is 1. The SMILES string of the molecule is Cc1cc(NCc2nncn2C)c(C#N)c(C)n1. The number of nitriles is 1. The maximum atomic E-state index is 9.14. The van der Waals surface area contributed by atoms with E-state index in [1.165, 1.54) is 0 Å². The Kier molecular flexibility index (Phi) is 3.24. The lowest BCUT2D eigenvalue weighted by molar-refractivity contribution is 0.811.